The average Bonchev–Trinajstić information content (AvgIpc) is 2.53. The summed E-state index contributed by atoms with van der Waals surface area (Å²) in [5, 5.41) is 0.641. The van der Waals surface area contributed by atoms with Gasteiger partial charge < -0.3 is 0 Å². The molecule has 5 heteroatoms. The molecule has 3 nitrogen and oxygen atoms in total. The fourth-order valence-electron chi connectivity index (χ4n) is 1.90. The normalized spacial score (nSPS) is 11.0. The molecule has 0 aliphatic heterocycles. The quantitative estimate of drug-likeness (QED) is 0.489. The number of benzene rings is 2. The number of rotatable bonds is 3. The summed E-state index contributed by atoms with van der Waals surface area (Å²) < 4.78 is 0. The van der Waals surface area contributed by atoms with Crippen LogP contribution in [-0.4, -0.2) is 16.2 Å². The lowest BCUT2D eigenvalue weighted by Crippen LogP contribution is -1.89. The summed E-state index contributed by atoms with van der Waals surface area (Å²) in [5.41, 5.74) is 2.74. The second-order valence-corrected chi connectivity index (χ2v) is 5.33. The maximum Gasteiger partial charge on any atom is 0.162 e. The van der Waals surface area contributed by atoms with Gasteiger partial charge in [-0.1, -0.05) is 53.5 Å². The Labute approximate surface area is 138 Å². The predicted octanol–water partition coefficient (Wildman–Crippen LogP) is 5.20. The molecule has 0 spiro atoms. The third-order valence-corrected chi connectivity index (χ3v) is 3.34. The first-order chi connectivity index (χ1) is 10.7. The fourth-order valence-corrected chi connectivity index (χ4v) is 2.33. The molecule has 1 heterocycles. The summed E-state index contributed by atoms with van der Waals surface area (Å²) in [4.78, 5) is 12.7. The van der Waals surface area contributed by atoms with Gasteiger partial charge in [0, 0.05) is 17.8 Å². The van der Waals surface area contributed by atoms with Crippen molar-refractivity contribution < 1.29 is 0 Å². The van der Waals surface area contributed by atoms with Crippen LogP contribution in [0.4, 0.5) is 5.69 Å². The molecule has 0 N–H and O–H groups in total. The molecule has 0 bridgehead atoms. The van der Waals surface area contributed by atoms with E-state index < -0.39 is 0 Å². The van der Waals surface area contributed by atoms with Crippen LogP contribution in [0.3, 0.4) is 0 Å². The third-order valence-electron chi connectivity index (χ3n) is 2.95. The van der Waals surface area contributed by atoms with E-state index in [1.165, 1.54) is 6.07 Å². The van der Waals surface area contributed by atoms with Crippen LogP contribution in [0.5, 0.6) is 0 Å². The number of aliphatic imine (C=N–C) groups is 1. The van der Waals surface area contributed by atoms with Crippen LogP contribution in [0.25, 0.3) is 11.4 Å². The molecule has 0 unspecified atom stereocenters. The van der Waals surface area contributed by atoms with Gasteiger partial charge in [-0.2, -0.15) is 0 Å². The van der Waals surface area contributed by atoms with E-state index in [1.54, 1.807) is 0 Å². The van der Waals surface area contributed by atoms with Crippen molar-refractivity contribution in [2.24, 2.45) is 4.99 Å². The molecule has 0 fully saturated rings. The van der Waals surface area contributed by atoms with Gasteiger partial charge in [0.05, 0.1) is 5.69 Å². The van der Waals surface area contributed by atoms with Gasteiger partial charge in [0.15, 0.2) is 5.82 Å². The van der Waals surface area contributed by atoms with Gasteiger partial charge in [-0.3, -0.25) is 4.99 Å². The van der Waals surface area contributed by atoms with Crippen LogP contribution in [0, 0.1) is 0 Å². The second kappa shape index (κ2) is 6.69. The van der Waals surface area contributed by atoms with Crippen molar-refractivity contribution in [3.63, 3.8) is 0 Å². The highest BCUT2D eigenvalue weighted by Crippen LogP contribution is 2.22. The van der Waals surface area contributed by atoms with Crippen molar-refractivity contribution in [2.45, 2.75) is 0 Å². The Bertz CT molecular complexity index is 780. The molecule has 1 aromatic heterocycles. The van der Waals surface area contributed by atoms with Crippen molar-refractivity contribution in [3.8, 4) is 11.4 Å². The predicted molar refractivity (Wildman–Crippen MR) is 91.2 cm³/mol. The minimum absolute atomic E-state index is 0.321. The molecule has 0 atom stereocenters. The van der Waals surface area contributed by atoms with E-state index in [-0.39, 0.29) is 0 Å². The van der Waals surface area contributed by atoms with Crippen LogP contribution < -0.4 is 0 Å². The average molecular weight is 328 g/mol. The van der Waals surface area contributed by atoms with Gasteiger partial charge in [0.1, 0.15) is 10.3 Å². The van der Waals surface area contributed by atoms with Gasteiger partial charge in [-0.25, -0.2) is 9.97 Å². The van der Waals surface area contributed by atoms with E-state index in [0.29, 0.717) is 16.1 Å². The molecule has 108 valence electrons. The van der Waals surface area contributed by atoms with E-state index in [9.17, 15) is 0 Å². The highest BCUT2D eigenvalue weighted by atomic mass is 35.5. The van der Waals surface area contributed by atoms with Gasteiger partial charge in [0.25, 0.3) is 0 Å². The van der Waals surface area contributed by atoms with Gasteiger partial charge >= 0.3 is 0 Å². The van der Waals surface area contributed by atoms with Crippen LogP contribution in [0.1, 0.15) is 5.56 Å². The first-order valence-corrected chi connectivity index (χ1v) is 7.36. The van der Waals surface area contributed by atoms with Crippen molar-refractivity contribution in [3.05, 3.63) is 76.5 Å². The van der Waals surface area contributed by atoms with Gasteiger partial charge in [-0.05, 0) is 29.8 Å². The molecule has 0 amide bonds. The zero-order valence-electron chi connectivity index (χ0n) is 11.4. The second-order valence-electron chi connectivity index (χ2n) is 4.55. The Morgan fingerprint density at radius 1 is 0.818 bits per heavy atom. The lowest BCUT2D eigenvalue weighted by atomic mass is 10.2. The highest BCUT2D eigenvalue weighted by molar-refractivity contribution is 6.33. The Morgan fingerprint density at radius 2 is 1.45 bits per heavy atom. The lowest BCUT2D eigenvalue weighted by molar-refractivity contribution is 1.18. The summed E-state index contributed by atoms with van der Waals surface area (Å²) in [6, 6.07) is 19.0. The van der Waals surface area contributed by atoms with E-state index in [1.807, 2.05) is 60.8 Å². The largest absolute Gasteiger partial charge is 0.256 e. The number of hydrogen-bond acceptors (Lipinski definition) is 3. The number of nitrogens with zero attached hydrogens (tertiary/aromatic N) is 3. The minimum atomic E-state index is 0.321. The Hall–Kier alpha value is -2.23. The topological polar surface area (TPSA) is 38.1 Å². The molecule has 0 aliphatic rings. The SMILES string of the molecule is Clc1cc(Cl)nc(-c2ccc(N=Cc3ccccc3)cc2)n1. The Balaban J connectivity index is 1.82. The summed E-state index contributed by atoms with van der Waals surface area (Å²) in [6.45, 7) is 0. The van der Waals surface area contributed by atoms with E-state index in [2.05, 4.69) is 15.0 Å². The van der Waals surface area contributed by atoms with Gasteiger partial charge in [0.2, 0.25) is 0 Å². The zero-order valence-corrected chi connectivity index (χ0v) is 13.0. The first-order valence-electron chi connectivity index (χ1n) is 6.60. The molecule has 3 rings (SSSR count). The Kier molecular flexibility index (Phi) is 4.47. The molecule has 0 radical (unpaired) electrons. The summed E-state index contributed by atoms with van der Waals surface area (Å²) in [7, 11) is 0. The van der Waals surface area contributed by atoms with Gasteiger partial charge in [-0.15, -0.1) is 0 Å². The summed E-state index contributed by atoms with van der Waals surface area (Å²) in [5.74, 6) is 0.496. The van der Waals surface area contributed by atoms with Crippen molar-refractivity contribution in [1.82, 2.24) is 9.97 Å². The van der Waals surface area contributed by atoms with Crippen molar-refractivity contribution in [2.75, 3.05) is 0 Å². The van der Waals surface area contributed by atoms with E-state index in [4.69, 9.17) is 23.2 Å². The third kappa shape index (κ3) is 3.70. The van der Waals surface area contributed by atoms with Crippen molar-refractivity contribution in [1.29, 1.82) is 0 Å². The monoisotopic (exact) mass is 327 g/mol. The molecule has 0 saturated heterocycles. The van der Waals surface area contributed by atoms with E-state index in [0.717, 1.165) is 16.8 Å². The number of halogens is 2. The minimum Gasteiger partial charge on any atom is -0.256 e. The van der Waals surface area contributed by atoms with E-state index >= 15 is 0 Å². The van der Waals surface area contributed by atoms with Crippen LogP contribution in [0.2, 0.25) is 10.3 Å². The van der Waals surface area contributed by atoms with Crippen LogP contribution in [-0.2, 0) is 0 Å². The molecule has 22 heavy (non-hydrogen) atoms. The standard InChI is InChI=1S/C17H11Cl2N3/c18-15-10-16(19)22-17(21-15)13-6-8-14(9-7-13)20-11-12-4-2-1-3-5-12/h1-11H. The molecule has 0 saturated carbocycles. The zero-order chi connectivity index (χ0) is 15.4. The maximum atomic E-state index is 5.89. The van der Waals surface area contributed by atoms with Crippen LogP contribution >= 0.6 is 23.2 Å². The molecular weight excluding hydrogens is 317 g/mol. The molecule has 0 aliphatic carbocycles. The number of aromatic nitrogens is 2. The highest BCUT2D eigenvalue weighted by Gasteiger charge is 2.04. The maximum absolute atomic E-state index is 5.89. The smallest absolute Gasteiger partial charge is 0.162 e. The summed E-state index contributed by atoms with van der Waals surface area (Å²) in [6.07, 6.45) is 1.82. The fraction of sp³-hybridized carbons (Fsp3) is 0. The first kappa shape index (κ1) is 14.7. The molecule has 2 aromatic carbocycles. The number of hydrogen-bond donors (Lipinski definition) is 0. The van der Waals surface area contributed by atoms with Crippen molar-refractivity contribution >= 4 is 35.1 Å². The molecular formula is C17H11Cl2N3. The lowest BCUT2D eigenvalue weighted by Gasteiger charge is -2.02. The Morgan fingerprint density at radius 3 is 2.09 bits per heavy atom. The molecule has 3 aromatic rings. The van der Waals surface area contributed by atoms with Crippen LogP contribution in [0.15, 0.2) is 65.7 Å². The summed E-state index contributed by atoms with van der Waals surface area (Å²) >= 11 is 11.8.